The SMILES string of the molecule is Cc1ccc(NC(=O)CSC(N)=O)cc1C. The maximum atomic E-state index is 11.4. The Morgan fingerprint density at radius 2 is 2.00 bits per heavy atom. The van der Waals surface area contributed by atoms with Crippen LogP contribution in [0.25, 0.3) is 0 Å². The van der Waals surface area contributed by atoms with Crippen LogP contribution >= 0.6 is 11.8 Å². The summed E-state index contributed by atoms with van der Waals surface area (Å²) in [5.41, 5.74) is 7.94. The second-order valence-electron chi connectivity index (χ2n) is 3.45. The lowest BCUT2D eigenvalue weighted by Gasteiger charge is -2.06. The van der Waals surface area contributed by atoms with Crippen LogP contribution < -0.4 is 11.1 Å². The molecular formula is C11H14N2O2S. The van der Waals surface area contributed by atoms with Gasteiger partial charge in [-0.05, 0) is 37.1 Å². The molecule has 0 saturated heterocycles. The van der Waals surface area contributed by atoms with Gasteiger partial charge in [-0.15, -0.1) is 0 Å². The van der Waals surface area contributed by atoms with E-state index in [0.717, 1.165) is 23.0 Å². The summed E-state index contributed by atoms with van der Waals surface area (Å²) >= 11 is 0.793. The van der Waals surface area contributed by atoms with Gasteiger partial charge in [-0.2, -0.15) is 0 Å². The number of nitrogens with one attached hydrogen (secondary N) is 1. The lowest BCUT2D eigenvalue weighted by molar-refractivity contribution is -0.113. The van der Waals surface area contributed by atoms with Gasteiger partial charge in [0.1, 0.15) is 0 Å². The highest BCUT2D eigenvalue weighted by Crippen LogP contribution is 2.14. The number of carbonyl (C=O) groups excluding carboxylic acids is 2. The molecule has 0 radical (unpaired) electrons. The van der Waals surface area contributed by atoms with E-state index in [1.54, 1.807) is 0 Å². The lowest BCUT2D eigenvalue weighted by Crippen LogP contribution is -2.16. The van der Waals surface area contributed by atoms with Gasteiger partial charge in [-0.25, -0.2) is 0 Å². The molecule has 0 fully saturated rings. The Hall–Kier alpha value is -1.49. The largest absolute Gasteiger partial charge is 0.361 e. The third-order valence-corrected chi connectivity index (χ3v) is 2.83. The Morgan fingerprint density at radius 1 is 1.31 bits per heavy atom. The van der Waals surface area contributed by atoms with Crippen LogP contribution in [0, 0.1) is 13.8 Å². The number of hydrogen-bond acceptors (Lipinski definition) is 3. The van der Waals surface area contributed by atoms with E-state index in [9.17, 15) is 9.59 Å². The molecule has 1 rings (SSSR count). The topological polar surface area (TPSA) is 72.2 Å². The number of hydrogen-bond donors (Lipinski definition) is 2. The van der Waals surface area contributed by atoms with Crippen molar-refractivity contribution in [3.8, 4) is 0 Å². The summed E-state index contributed by atoms with van der Waals surface area (Å²) in [7, 11) is 0. The summed E-state index contributed by atoms with van der Waals surface area (Å²) in [4.78, 5) is 21.8. The van der Waals surface area contributed by atoms with Gasteiger partial charge in [0.2, 0.25) is 5.91 Å². The Morgan fingerprint density at radius 3 is 2.56 bits per heavy atom. The van der Waals surface area contributed by atoms with Gasteiger partial charge in [0.25, 0.3) is 5.24 Å². The molecule has 5 heteroatoms. The monoisotopic (exact) mass is 238 g/mol. The zero-order valence-corrected chi connectivity index (χ0v) is 10.1. The maximum Gasteiger partial charge on any atom is 0.276 e. The molecule has 0 aliphatic carbocycles. The van der Waals surface area contributed by atoms with Gasteiger partial charge in [-0.1, -0.05) is 17.8 Å². The minimum Gasteiger partial charge on any atom is -0.361 e. The van der Waals surface area contributed by atoms with E-state index in [2.05, 4.69) is 5.32 Å². The number of anilines is 1. The molecule has 86 valence electrons. The fourth-order valence-electron chi connectivity index (χ4n) is 1.15. The van der Waals surface area contributed by atoms with E-state index in [4.69, 9.17) is 5.73 Å². The van der Waals surface area contributed by atoms with Crippen molar-refractivity contribution in [3.63, 3.8) is 0 Å². The zero-order valence-electron chi connectivity index (χ0n) is 9.24. The number of aryl methyl sites for hydroxylation is 2. The van der Waals surface area contributed by atoms with Gasteiger partial charge in [0.05, 0.1) is 5.75 Å². The van der Waals surface area contributed by atoms with Crippen molar-refractivity contribution in [3.05, 3.63) is 29.3 Å². The molecule has 1 aromatic rings. The van der Waals surface area contributed by atoms with Crippen LogP contribution in [-0.4, -0.2) is 16.9 Å². The molecule has 0 aromatic heterocycles. The summed E-state index contributed by atoms with van der Waals surface area (Å²) in [5.74, 6) is -0.186. The fraction of sp³-hybridized carbons (Fsp3) is 0.273. The van der Waals surface area contributed by atoms with Crippen molar-refractivity contribution in [1.29, 1.82) is 0 Å². The van der Waals surface area contributed by atoms with Gasteiger partial charge in [-0.3, -0.25) is 9.59 Å². The van der Waals surface area contributed by atoms with Crippen molar-refractivity contribution < 1.29 is 9.59 Å². The van der Waals surface area contributed by atoms with E-state index in [1.165, 1.54) is 5.56 Å². The molecular weight excluding hydrogens is 224 g/mol. The normalized spacial score (nSPS) is 9.88. The number of primary amides is 1. The van der Waals surface area contributed by atoms with Crippen LogP contribution in [0.4, 0.5) is 10.5 Å². The summed E-state index contributed by atoms with van der Waals surface area (Å²) in [5, 5.41) is 2.15. The van der Waals surface area contributed by atoms with Gasteiger partial charge >= 0.3 is 0 Å². The molecule has 2 amide bonds. The van der Waals surface area contributed by atoms with E-state index in [0.29, 0.717) is 0 Å². The summed E-state index contributed by atoms with van der Waals surface area (Å²) in [6, 6.07) is 5.66. The van der Waals surface area contributed by atoms with Gasteiger partial charge < -0.3 is 11.1 Å². The number of thioether (sulfide) groups is 1. The fourth-order valence-corrected chi connectivity index (χ4v) is 1.50. The number of nitrogens with two attached hydrogens (primary N) is 1. The summed E-state index contributed by atoms with van der Waals surface area (Å²) < 4.78 is 0. The standard InChI is InChI=1S/C11H14N2O2S/c1-7-3-4-9(5-8(7)2)13-10(14)6-16-11(12)15/h3-5H,6H2,1-2H3,(H2,12,15)(H,13,14). The third kappa shape index (κ3) is 3.94. The molecule has 0 aliphatic heterocycles. The number of benzene rings is 1. The first-order valence-electron chi connectivity index (χ1n) is 4.78. The predicted octanol–water partition coefficient (Wildman–Crippen LogP) is 2.05. The highest BCUT2D eigenvalue weighted by Gasteiger charge is 2.05. The van der Waals surface area contributed by atoms with E-state index < -0.39 is 5.24 Å². The van der Waals surface area contributed by atoms with Crippen LogP contribution in [0.5, 0.6) is 0 Å². The molecule has 0 spiro atoms. The Labute approximate surface area is 98.6 Å². The smallest absolute Gasteiger partial charge is 0.276 e. The first-order chi connectivity index (χ1) is 7.49. The van der Waals surface area contributed by atoms with Crippen LogP contribution in [0.1, 0.15) is 11.1 Å². The minimum atomic E-state index is -0.546. The van der Waals surface area contributed by atoms with Crippen molar-refractivity contribution in [1.82, 2.24) is 0 Å². The molecule has 0 unspecified atom stereocenters. The highest BCUT2D eigenvalue weighted by molar-refractivity contribution is 8.14. The average Bonchev–Trinajstić information content (AvgIpc) is 2.21. The van der Waals surface area contributed by atoms with Crippen molar-refractivity contribution >= 4 is 28.6 Å². The second-order valence-corrected chi connectivity index (χ2v) is 4.43. The number of carbonyl (C=O) groups is 2. The van der Waals surface area contributed by atoms with E-state index >= 15 is 0 Å². The Bertz CT molecular complexity index is 418. The molecule has 1 aromatic carbocycles. The maximum absolute atomic E-state index is 11.4. The first kappa shape index (κ1) is 12.6. The van der Waals surface area contributed by atoms with Crippen LogP contribution in [0.15, 0.2) is 18.2 Å². The predicted molar refractivity (Wildman–Crippen MR) is 66.6 cm³/mol. The van der Waals surface area contributed by atoms with Crippen molar-refractivity contribution in [2.45, 2.75) is 13.8 Å². The van der Waals surface area contributed by atoms with Crippen molar-refractivity contribution in [2.75, 3.05) is 11.1 Å². The third-order valence-electron chi connectivity index (χ3n) is 2.14. The molecule has 0 heterocycles. The Kier molecular flexibility index (Phi) is 4.37. The summed E-state index contributed by atoms with van der Waals surface area (Å²) in [6.07, 6.45) is 0. The molecule has 0 aliphatic rings. The first-order valence-corrected chi connectivity index (χ1v) is 5.77. The highest BCUT2D eigenvalue weighted by atomic mass is 32.2. The quantitative estimate of drug-likeness (QED) is 0.846. The molecule has 0 bridgehead atoms. The number of amides is 2. The van der Waals surface area contributed by atoms with Crippen LogP contribution in [-0.2, 0) is 4.79 Å². The second kappa shape index (κ2) is 5.55. The zero-order chi connectivity index (χ0) is 12.1. The van der Waals surface area contributed by atoms with E-state index in [1.807, 2.05) is 32.0 Å². The van der Waals surface area contributed by atoms with Crippen LogP contribution in [0.3, 0.4) is 0 Å². The molecule has 0 atom stereocenters. The van der Waals surface area contributed by atoms with Gasteiger partial charge in [0.15, 0.2) is 0 Å². The van der Waals surface area contributed by atoms with Crippen LogP contribution in [0.2, 0.25) is 0 Å². The van der Waals surface area contributed by atoms with E-state index in [-0.39, 0.29) is 11.7 Å². The average molecular weight is 238 g/mol. The molecule has 3 N–H and O–H groups in total. The molecule has 16 heavy (non-hydrogen) atoms. The molecule has 4 nitrogen and oxygen atoms in total. The molecule has 0 saturated carbocycles. The minimum absolute atomic E-state index is 0.0439. The Balaban J connectivity index is 2.56. The van der Waals surface area contributed by atoms with Crippen molar-refractivity contribution in [2.24, 2.45) is 5.73 Å². The summed E-state index contributed by atoms with van der Waals surface area (Å²) in [6.45, 7) is 3.98. The number of rotatable bonds is 3. The van der Waals surface area contributed by atoms with Gasteiger partial charge in [0, 0.05) is 5.69 Å². The lowest BCUT2D eigenvalue weighted by atomic mass is 10.1.